The molecule has 0 fully saturated rings. The van der Waals surface area contributed by atoms with Crippen molar-refractivity contribution < 1.29 is 9.90 Å². The van der Waals surface area contributed by atoms with E-state index in [0.29, 0.717) is 5.56 Å². The van der Waals surface area contributed by atoms with Crippen molar-refractivity contribution in [2.75, 3.05) is 0 Å². The number of aromatic hydroxyl groups is 1. The molecule has 0 heterocycles. The summed E-state index contributed by atoms with van der Waals surface area (Å²) in [5, 5.41) is 8.80. The van der Waals surface area contributed by atoms with Crippen molar-refractivity contribution in [2.45, 2.75) is 26.2 Å². The van der Waals surface area contributed by atoms with Crippen LogP contribution in [0.3, 0.4) is 0 Å². The van der Waals surface area contributed by atoms with E-state index in [4.69, 9.17) is 11.6 Å². The molecule has 0 radical (unpaired) electrons. The molecule has 0 aromatic heterocycles. The third-order valence-electron chi connectivity index (χ3n) is 2.10. The lowest BCUT2D eigenvalue weighted by Gasteiger charge is -2.05. The Morgan fingerprint density at radius 3 is 2.79 bits per heavy atom. The number of phenols is 1. The molecule has 0 bridgehead atoms. The van der Waals surface area contributed by atoms with E-state index in [-0.39, 0.29) is 5.75 Å². The van der Waals surface area contributed by atoms with Crippen LogP contribution in [0.25, 0.3) is 0 Å². The van der Waals surface area contributed by atoms with Gasteiger partial charge in [-0.05, 0) is 48.2 Å². The highest BCUT2D eigenvalue weighted by atomic mass is 35.5. The first-order valence-corrected chi connectivity index (χ1v) is 5.04. The molecule has 0 saturated carbocycles. The average molecular weight is 213 g/mol. The lowest BCUT2D eigenvalue weighted by Crippen LogP contribution is -1.97. The number of hydrogen-bond acceptors (Lipinski definition) is 2. The van der Waals surface area contributed by atoms with Gasteiger partial charge in [-0.15, -0.1) is 0 Å². The maximum absolute atomic E-state index is 11.0. The first-order valence-electron chi connectivity index (χ1n) is 4.67. The number of phenolic OH excluding ortho intramolecular Hbond substituents is 1. The topological polar surface area (TPSA) is 37.3 Å². The van der Waals surface area contributed by atoms with E-state index >= 15 is 0 Å². The van der Waals surface area contributed by atoms with E-state index in [1.807, 2.05) is 0 Å². The first-order chi connectivity index (χ1) is 6.65. The molecule has 76 valence electrons. The van der Waals surface area contributed by atoms with Crippen molar-refractivity contribution in [1.82, 2.24) is 0 Å². The van der Waals surface area contributed by atoms with Crippen LogP contribution in [0.15, 0.2) is 18.2 Å². The van der Waals surface area contributed by atoms with Crippen LogP contribution < -0.4 is 0 Å². The minimum Gasteiger partial charge on any atom is -0.508 e. The Morgan fingerprint density at radius 1 is 1.50 bits per heavy atom. The van der Waals surface area contributed by atoms with E-state index in [9.17, 15) is 9.90 Å². The van der Waals surface area contributed by atoms with E-state index in [2.05, 4.69) is 6.92 Å². The van der Waals surface area contributed by atoms with Crippen LogP contribution in [0, 0.1) is 0 Å². The van der Waals surface area contributed by atoms with Gasteiger partial charge in [0.05, 0.1) is 0 Å². The largest absolute Gasteiger partial charge is 0.508 e. The van der Waals surface area contributed by atoms with Crippen molar-refractivity contribution >= 4 is 16.8 Å². The number of unbranched alkanes of at least 4 members (excludes halogenated alkanes) is 1. The Hall–Kier alpha value is -1.02. The summed E-state index contributed by atoms with van der Waals surface area (Å²) in [6, 6.07) is 4.64. The Balaban J connectivity index is 2.97. The average Bonchev–Trinajstić information content (AvgIpc) is 2.14. The Kier molecular flexibility index (Phi) is 3.96. The molecule has 0 aliphatic rings. The lowest BCUT2D eigenvalue weighted by atomic mass is 10.0. The normalized spacial score (nSPS) is 10.1. The number of halogens is 1. The zero-order chi connectivity index (χ0) is 10.6. The van der Waals surface area contributed by atoms with Crippen LogP contribution in [0.1, 0.15) is 35.7 Å². The molecule has 1 N–H and O–H groups in total. The summed E-state index contributed by atoms with van der Waals surface area (Å²) in [5.74, 6) is 0.178. The minimum atomic E-state index is -0.462. The van der Waals surface area contributed by atoms with Crippen LogP contribution >= 0.6 is 11.6 Å². The molecule has 1 aromatic rings. The molecule has 14 heavy (non-hydrogen) atoms. The Labute approximate surface area is 88.5 Å². The molecule has 1 aromatic carbocycles. The number of rotatable bonds is 4. The lowest BCUT2D eigenvalue weighted by molar-refractivity contribution is 0.108. The molecule has 2 nitrogen and oxygen atoms in total. The van der Waals surface area contributed by atoms with Crippen LogP contribution in [0.5, 0.6) is 5.75 Å². The summed E-state index contributed by atoms with van der Waals surface area (Å²) in [4.78, 5) is 11.0. The summed E-state index contributed by atoms with van der Waals surface area (Å²) in [6.45, 7) is 2.07. The molecule has 0 atom stereocenters. The fourth-order valence-electron chi connectivity index (χ4n) is 1.35. The zero-order valence-electron chi connectivity index (χ0n) is 8.09. The van der Waals surface area contributed by atoms with Gasteiger partial charge in [-0.3, -0.25) is 4.79 Å². The van der Waals surface area contributed by atoms with Gasteiger partial charge >= 0.3 is 0 Å². The molecule has 1 rings (SSSR count). The van der Waals surface area contributed by atoms with Crippen LogP contribution in [0.4, 0.5) is 0 Å². The van der Waals surface area contributed by atoms with Crippen LogP contribution in [-0.2, 0) is 6.42 Å². The molecule has 0 amide bonds. The summed E-state index contributed by atoms with van der Waals surface area (Å²) < 4.78 is 0. The second kappa shape index (κ2) is 5.01. The van der Waals surface area contributed by atoms with Crippen molar-refractivity contribution in [3.8, 4) is 5.75 Å². The van der Waals surface area contributed by atoms with Gasteiger partial charge in [-0.2, -0.15) is 0 Å². The Morgan fingerprint density at radius 2 is 2.21 bits per heavy atom. The van der Waals surface area contributed by atoms with Gasteiger partial charge in [0.25, 0.3) is 5.24 Å². The van der Waals surface area contributed by atoms with E-state index in [1.54, 1.807) is 12.1 Å². The van der Waals surface area contributed by atoms with E-state index in [1.165, 1.54) is 6.07 Å². The van der Waals surface area contributed by atoms with Crippen molar-refractivity contribution in [3.05, 3.63) is 29.3 Å². The molecule has 0 aliphatic heterocycles. The van der Waals surface area contributed by atoms with Gasteiger partial charge in [-0.25, -0.2) is 0 Å². The number of carbonyl (C=O) groups is 1. The van der Waals surface area contributed by atoms with Crippen LogP contribution in [0.2, 0.25) is 0 Å². The summed E-state index contributed by atoms with van der Waals surface area (Å²) in [5.41, 5.74) is 1.32. The first kappa shape index (κ1) is 11.1. The maximum atomic E-state index is 11.0. The number of carbonyl (C=O) groups excluding carboxylic acids is 1. The quantitative estimate of drug-likeness (QED) is 0.779. The second-order valence-corrected chi connectivity index (χ2v) is 3.56. The standard InChI is InChI=1S/C11H13ClO2/c1-2-3-4-8-7-9(13)5-6-10(8)11(12)14/h5-7,13H,2-4H2,1H3. The summed E-state index contributed by atoms with van der Waals surface area (Å²) in [6.07, 6.45) is 2.81. The Bertz CT molecular complexity index is 334. The molecule has 0 spiro atoms. The monoisotopic (exact) mass is 212 g/mol. The van der Waals surface area contributed by atoms with Gasteiger partial charge < -0.3 is 5.11 Å². The van der Waals surface area contributed by atoms with Gasteiger partial charge in [0.15, 0.2) is 0 Å². The molecular formula is C11H13ClO2. The molecule has 3 heteroatoms. The number of aryl methyl sites for hydroxylation is 1. The second-order valence-electron chi connectivity index (χ2n) is 3.22. The van der Waals surface area contributed by atoms with Crippen molar-refractivity contribution in [3.63, 3.8) is 0 Å². The van der Waals surface area contributed by atoms with Gasteiger partial charge in [0.1, 0.15) is 5.75 Å². The highest BCUT2D eigenvalue weighted by Gasteiger charge is 2.08. The van der Waals surface area contributed by atoms with E-state index < -0.39 is 5.24 Å². The highest BCUT2D eigenvalue weighted by molar-refractivity contribution is 6.67. The predicted octanol–water partition coefficient (Wildman–Crippen LogP) is 3.11. The van der Waals surface area contributed by atoms with Gasteiger partial charge in [0, 0.05) is 5.56 Å². The number of hydrogen-bond donors (Lipinski definition) is 1. The molecular weight excluding hydrogens is 200 g/mol. The fourth-order valence-corrected chi connectivity index (χ4v) is 1.53. The zero-order valence-corrected chi connectivity index (χ0v) is 8.84. The summed E-state index contributed by atoms with van der Waals surface area (Å²) >= 11 is 5.42. The molecule has 0 aliphatic carbocycles. The van der Waals surface area contributed by atoms with Crippen LogP contribution in [-0.4, -0.2) is 10.3 Å². The smallest absolute Gasteiger partial charge is 0.252 e. The summed E-state index contributed by atoms with van der Waals surface area (Å²) in [7, 11) is 0. The third-order valence-corrected chi connectivity index (χ3v) is 2.30. The number of benzene rings is 1. The van der Waals surface area contributed by atoms with Crippen molar-refractivity contribution in [2.24, 2.45) is 0 Å². The molecule has 0 unspecified atom stereocenters. The molecule has 0 saturated heterocycles. The van der Waals surface area contributed by atoms with E-state index in [0.717, 1.165) is 24.8 Å². The van der Waals surface area contributed by atoms with Gasteiger partial charge in [0.2, 0.25) is 0 Å². The highest BCUT2D eigenvalue weighted by Crippen LogP contribution is 2.20. The fraction of sp³-hybridized carbons (Fsp3) is 0.364. The SMILES string of the molecule is CCCCc1cc(O)ccc1C(=O)Cl. The van der Waals surface area contributed by atoms with Gasteiger partial charge in [-0.1, -0.05) is 13.3 Å². The predicted molar refractivity (Wildman–Crippen MR) is 56.9 cm³/mol. The maximum Gasteiger partial charge on any atom is 0.252 e. The third kappa shape index (κ3) is 2.74. The minimum absolute atomic E-state index is 0.178. The van der Waals surface area contributed by atoms with Crippen molar-refractivity contribution in [1.29, 1.82) is 0 Å².